The van der Waals surface area contributed by atoms with E-state index in [4.69, 9.17) is 5.73 Å². The zero-order valence-electron chi connectivity index (χ0n) is 11.6. The summed E-state index contributed by atoms with van der Waals surface area (Å²) in [4.78, 5) is 2.26. The summed E-state index contributed by atoms with van der Waals surface area (Å²) in [5, 5.41) is 10.7. The third-order valence-electron chi connectivity index (χ3n) is 3.88. The summed E-state index contributed by atoms with van der Waals surface area (Å²) in [6, 6.07) is 8.63. The monoisotopic (exact) mass is 323 g/mol. The summed E-state index contributed by atoms with van der Waals surface area (Å²) in [6.07, 6.45) is 0.317. The number of thiophene rings is 1. The van der Waals surface area contributed by atoms with Crippen LogP contribution in [0.1, 0.15) is 32.9 Å². The van der Waals surface area contributed by atoms with E-state index in [9.17, 15) is 9.50 Å². The Morgan fingerprint density at radius 1 is 1.33 bits per heavy atom. The topological polar surface area (TPSA) is 46.2 Å². The number of thioether (sulfide) groups is 1. The molecule has 3 N–H and O–H groups in total. The van der Waals surface area contributed by atoms with Gasteiger partial charge in [-0.15, -0.1) is 11.3 Å². The first-order valence-corrected chi connectivity index (χ1v) is 8.99. The maximum atomic E-state index is 14.0. The maximum Gasteiger partial charge on any atom is 0.126 e. The van der Waals surface area contributed by atoms with Crippen LogP contribution in [0.2, 0.25) is 0 Å². The molecule has 5 heteroatoms. The molecule has 0 amide bonds. The van der Waals surface area contributed by atoms with E-state index < -0.39 is 12.0 Å². The van der Waals surface area contributed by atoms with Crippen molar-refractivity contribution >= 4 is 23.1 Å². The fourth-order valence-electron chi connectivity index (χ4n) is 2.72. The van der Waals surface area contributed by atoms with Crippen LogP contribution in [0.25, 0.3) is 0 Å². The van der Waals surface area contributed by atoms with Gasteiger partial charge < -0.3 is 10.8 Å². The molecule has 0 radical (unpaired) electrons. The molecule has 2 nitrogen and oxygen atoms in total. The molecule has 0 spiro atoms. The van der Waals surface area contributed by atoms with Gasteiger partial charge in [-0.25, -0.2) is 4.39 Å². The van der Waals surface area contributed by atoms with Crippen molar-refractivity contribution in [3.63, 3.8) is 0 Å². The highest BCUT2D eigenvalue weighted by atomic mass is 32.2. The highest BCUT2D eigenvalue weighted by Gasteiger charge is 2.27. The van der Waals surface area contributed by atoms with Crippen LogP contribution in [0.15, 0.2) is 30.3 Å². The number of rotatable bonds is 4. The molecule has 1 aliphatic rings. The Balaban J connectivity index is 1.90. The Morgan fingerprint density at radius 3 is 2.86 bits per heavy atom. The van der Waals surface area contributed by atoms with Crippen LogP contribution in [-0.4, -0.2) is 17.4 Å². The summed E-state index contributed by atoms with van der Waals surface area (Å²) in [7, 11) is 0. The van der Waals surface area contributed by atoms with Gasteiger partial charge in [-0.1, -0.05) is 18.2 Å². The lowest BCUT2D eigenvalue weighted by Gasteiger charge is -2.21. The zero-order valence-corrected chi connectivity index (χ0v) is 13.2. The lowest BCUT2D eigenvalue weighted by molar-refractivity contribution is 0.149. The summed E-state index contributed by atoms with van der Waals surface area (Å²) >= 11 is 3.56. The van der Waals surface area contributed by atoms with Crippen molar-refractivity contribution in [3.05, 3.63) is 57.0 Å². The van der Waals surface area contributed by atoms with E-state index in [1.165, 1.54) is 16.5 Å². The predicted molar refractivity (Wildman–Crippen MR) is 87.3 cm³/mol. The van der Waals surface area contributed by atoms with Gasteiger partial charge in [-0.3, -0.25) is 0 Å². The molecule has 3 rings (SSSR count). The number of halogens is 1. The van der Waals surface area contributed by atoms with Gasteiger partial charge >= 0.3 is 0 Å². The van der Waals surface area contributed by atoms with E-state index in [0.717, 1.165) is 22.8 Å². The number of aliphatic hydroxyl groups excluding tert-OH is 1. The standard InChI is InChI=1S/C16H18FNOS2/c17-13-4-2-1-3-11(13)12(8-18)16(19)15-7-10-9-20-6-5-14(10)21-15/h1-4,7,12,16,19H,5-6,8-9,18H2. The average molecular weight is 323 g/mol. The average Bonchev–Trinajstić information content (AvgIpc) is 2.93. The minimum Gasteiger partial charge on any atom is -0.387 e. The molecule has 0 bridgehead atoms. The summed E-state index contributed by atoms with van der Waals surface area (Å²) in [5.41, 5.74) is 7.62. The molecule has 2 atom stereocenters. The van der Waals surface area contributed by atoms with Crippen LogP contribution < -0.4 is 5.73 Å². The molecule has 2 unspecified atom stereocenters. The Morgan fingerprint density at radius 2 is 2.14 bits per heavy atom. The first-order chi connectivity index (χ1) is 10.2. The second-order valence-electron chi connectivity index (χ2n) is 5.21. The van der Waals surface area contributed by atoms with Crippen LogP contribution in [0.4, 0.5) is 4.39 Å². The second-order valence-corrected chi connectivity index (χ2v) is 7.48. The highest BCUT2D eigenvalue weighted by Crippen LogP contribution is 2.39. The van der Waals surface area contributed by atoms with Gasteiger partial charge in [0, 0.05) is 28.0 Å². The summed E-state index contributed by atoms with van der Waals surface area (Å²) < 4.78 is 14.0. The highest BCUT2D eigenvalue weighted by molar-refractivity contribution is 7.98. The number of hydrogen-bond acceptors (Lipinski definition) is 4. The van der Waals surface area contributed by atoms with Crippen LogP contribution in [0.3, 0.4) is 0 Å². The van der Waals surface area contributed by atoms with E-state index >= 15 is 0 Å². The predicted octanol–water partition coefficient (Wildman–Crippen LogP) is 3.45. The molecule has 2 heterocycles. The van der Waals surface area contributed by atoms with Crippen LogP contribution >= 0.6 is 23.1 Å². The number of benzene rings is 1. The second kappa shape index (κ2) is 6.48. The van der Waals surface area contributed by atoms with Crippen LogP contribution in [0, 0.1) is 5.82 Å². The lowest BCUT2D eigenvalue weighted by Crippen LogP contribution is -2.20. The largest absolute Gasteiger partial charge is 0.387 e. The van der Waals surface area contributed by atoms with Gasteiger partial charge in [-0.05, 0) is 35.4 Å². The minimum atomic E-state index is -0.743. The third-order valence-corrected chi connectivity index (χ3v) is 6.19. The summed E-state index contributed by atoms with van der Waals surface area (Å²) in [5.74, 6) is 1.44. The molecule has 21 heavy (non-hydrogen) atoms. The van der Waals surface area contributed by atoms with E-state index in [-0.39, 0.29) is 12.4 Å². The molecule has 1 aromatic carbocycles. The van der Waals surface area contributed by atoms with Gasteiger partial charge in [0.2, 0.25) is 0 Å². The fraction of sp³-hybridized carbons (Fsp3) is 0.375. The quantitative estimate of drug-likeness (QED) is 0.906. The fourth-order valence-corrected chi connectivity index (χ4v) is 5.14. The van der Waals surface area contributed by atoms with Crippen molar-refractivity contribution in [3.8, 4) is 0 Å². The van der Waals surface area contributed by atoms with Gasteiger partial charge in [0.05, 0.1) is 6.10 Å². The molecule has 0 aliphatic carbocycles. The smallest absolute Gasteiger partial charge is 0.126 e. The molecule has 0 fully saturated rings. The van der Waals surface area contributed by atoms with E-state index in [1.807, 2.05) is 11.8 Å². The van der Waals surface area contributed by atoms with Crippen molar-refractivity contribution in [2.75, 3.05) is 12.3 Å². The molecule has 1 aromatic heterocycles. The Hall–Kier alpha value is -0.880. The Bertz CT molecular complexity index is 605. The third kappa shape index (κ3) is 3.01. The van der Waals surface area contributed by atoms with Gasteiger partial charge in [-0.2, -0.15) is 11.8 Å². The van der Waals surface area contributed by atoms with E-state index in [1.54, 1.807) is 29.5 Å². The van der Waals surface area contributed by atoms with Gasteiger partial charge in [0.15, 0.2) is 0 Å². The van der Waals surface area contributed by atoms with Crippen molar-refractivity contribution < 1.29 is 9.50 Å². The lowest BCUT2D eigenvalue weighted by atomic mass is 9.92. The molecular weight excluding hydrogens is 305 g/mol. The molecular formula is C16H18FNOS2. The zero-order chi connectivity index (χ0) is 14.8. The van der Waals surface area contributed by atoms with E-state index in [2.05, 4.69) is 6.07 Å². The molecule has 0 saturated heterocycles. The minimum absolute atomic E-state index is 0.222. The molecule has 1 aliphatic heterocycles. The van der Waals surface area contributed by atoms with Gasteiger partial charge in [0.25, 0.3) is 0 Å². The number of aryl methyl sites for hydroxylation is 1. The maximum absolute atomic E-state index is 14.0. The molecule has 112 valence electrons. The SMILES string of the molecule is NCC(c1ccccc1F)C(O)c1cc2c(s1)CCSC2. The number of nitrogens with two attached hydrogens (primary N) is 1. The number of fused-ring (bicyclic) bond motifs is 1. The van der Waals surface area contributed by atoms with Crippen molar-refractivity contribution in [1.82, 2.24) is 0 Å². The number of aliphatic hydroxyl groups is 1. The van der Waals surface area contributed by atoms with Crippen molar-refractivity contribution in [1.29, 1.82) is 0 Å². The first kappa shape index (κ1) is 15.0. The van der Waals surface area contributed by atoms with Crippen molar-refractivity contribution in [2.45, 2.75) is 24.2 Å². The normalized spacial score (nSPS) is 17.3. The molecule has 0 saturated carbocycles. The Labute approximate surface area is 132 Å². The van der Waals surface area contributed by atoms with Gasteiger partial charge in [0.1, 0.15) is 5.82 Å². The number of hydrogen-bond donors (Lipinski definition) is 2. The molecule has 2 aromatic rings. The van der Waals surface area contributed by atoms with Crippen LogP contribution in [-0.2, 0) is 12.2 Å². The summed E-state index contributed by atoms with van der Waals surface area (Å²) in [6.45, 7) is 0.222. The van der Waals surface area contributed by atoms with E-state index in [0.29, 0.717) is 5.56 Å². The van der Waals surface area contributed by atoms with Crippen molar-refractivity contribution in [2.24, 2.45) is 5.73 Å². The first-order valence-electron chi connectivity index (χ1n) is 7.02. The Kier molecular flexibility index (Phi) is 4.64. The van der Waals surface area contributed by atoms with Crippen LogP contribution in [0.5, 0.6) is 0 Å².